The lowest BCUT2D eigenvalue weighted by atomic mass is 10.1. The molecular weight excluding hydrogens is 252 g/mol. The lowest BCUT2D eigenvalue weighted by molar-refractivity contribution is 0.414. The molecule has 1 heterocycles. The second-order valence-electron chi connectivity index (χ2n) is 4.64. The molecule has 0 unspecified atom stereocenters. The van der Waals surface area contributed by atoms with Gasteiger partial charge in [0.15, 0.2) is 11.5 Å². The molecule has 0 spiro atoms. The second-order valence-corrected chi connectivity index (χ2v) is 4.64. The van der Waals surface area contributed by atoms with Crippen LogP contribution in [0.2, 0.25) is 0 Å². The number of para-hydroxylation sites is 1. The lowest BCUT2D eigenvalue weighted by Gasteiger charge is -2.02. The molecule has 3 rings (SSSR count). The SMILES string of the molecule is COc1ccc2nc(CCc3ccccc3N)oc2c1. The van der Waals surface area contributed by atoms with Crippen molar-refractivity contribution in [1.29, 1.82) is 0 Å². The third-order valence-corrected chi connectivity index (χ3v) is 3.30. The minimum atomic E-state index is 0.719. The standard InChI is InChI=1S/C16H16N2O2/c1-19-12-7-8-14-15(10-12)20-16(18-14)9-6-11-4-2-3-5-13(11)17/h2-5,7-8,10H,6,9,17H2,1H3. The second kappa shape index (κ2) is 5.25. The average Bonchev–Trinajstić information content (AvgIpc) is 2.88. The van der Waals surface area contributed by atoms with E-state index in [0.29, 0.717) is 0 Å². The number of ether oxygens (including phenoxy) is 1. The van der Waals surface area contributed by atoms with Crippen LogP contribution in [-0.2, 0) is 12.8 Å². The number of aryl methyl sites for hydroxylation is 2. The summed E-state index contributed by atoms with van der Waals surface area (Å²) in [6.07, 6.45) is 1.54. The molecule has 0 aliphatic rings. The maximum Gasteiger partial charge on any atom is 0.195 e. The van der Waals surface area contributed by atoms with Crippen LogP contribution < -0.4 is 10.5 Å². The number of hydrogen-bond donors (Lipinski definition) is 1. The van der Waals surface area contributed by atoms with Crippen molar-refractivity contribution < 1.29 is 9.15 Å². The molecule has 0 fully saturated rings. The number of fused-ring (bicyclic) bond motifs is 1. The number of oxazole rings is 1. The highest BCUT2D eigenvalue weighted by Gasteiger charge is 2.08. The molecule has 2 N–H and O–H groups in total. The summed E-state index contributed by atoms with van der Waals surface area (Å²) in [7, 11) is 1.64. The van der Waals surface area contributed by atoms with Gasteiger partial charge in [-0.1, -0.05) is 18.2 Å². The number of nitrogen functional groups attached to an aromatic ring is 1. The van der Waals surface area contributed by atoms with Crippen LogP contribution in [0.5, 0.6) is 5.75 Å². The minimum absolute atomic E-state index is 0.719. The van der Waals surface area contributed by atoms with Crippen LogP contribution in [0.1, 0.15) is 11.5 Å². The monoisotopic (exact) mass is 268 g/mol. The zero-order valence-electron chi connectivity index (χ0n) is 11.3. The summed E-state index contributed by atoms with van der Waals surface area (Å²) < 4.78 is 10.9. The summed E-state index contributed by atoms with van der Waals surface area (Å²) in [5.41, 5.74) is 9.46. The summed E-state index contributed by atoms with van der Waals surface area (Å²) in [6, 6.07) is 13.5. The summed E-state index contributed by atoms with van der Waals surface area (Å²) >= 11 is 0. The van der Waals surface area contributed by atoms with E-state index in [9.17, 15) is 0 Å². The van der Waals surface area contributed by atoms with E-state index in [2.05, 4.69) is 4.98 Å². The Bertz CT molecular complexity index is 734. The highest BCUT2D eigenvalue weighted by molar-refractivity contribution is 5.74. The number of aromatic nitrogens is 1. The van der Waals surface area contributed by atoms with Crippen LogP contribution in [0.4, 0.5) is 5.69 Å². The molecule has 0 amide bonds. The van der Waals surface area contributed by atoms with Gasteiger partial charge in [-0.2, -0.15) is 0 Å². The first-order valence-corrected chi connectivity index (χ1v) is 6.53. The molecule has 20 heavy (non-hydrogen) atoms. The van der Waals surface area contributed by atoms with E-state index in [1.54, 1.807) is 7.11 Å². The minimum Gasteiger partial charge on any atom is -0.497 e. The highest BCUT2D eigenvalue weighted by Crippen LogP contribution is 2.22. The van der Waals surface area contributed by atoms with Crippen molar-refractivity contribution in [3.05, 3.63) is 53.9 Å². The quantitative estimate of drug-likeness (QED) is 0.738. The molecular formula is C16H16N2O2. The van der Waals surface area contributed by atoms with Crippen molar-refractivity contribution in [2.45, 2.75) is 12.8 Å². The van der Waals surface area contributed by atoms with Gasteiger partial charge in [0.1, 0.15) is 11.3 Å². The Kier molecular flexibility index (Phi) is 3.29. The highest BCUT2D eigenvalue weighted by atomic mass is 16.5. The number of rotatable bonds is 4. The predicted octanol–water partition coefficient (Wildman–Crippen LogP) is 3.20. The zero-order valence-corrected chi connectivity index (χ0v) is 11.3. The van der Waals surface area contributed by atoms with Crippen molar-refractivity contribution >= 4 is 16.8 Å². The average molecular weight is 268 g/mol. The van der Waals surface area contributed by atoms with Crippen LogP contribution >= 0.6 is 0 Å². The van der Waals surface area contributed by atoms with E-state index in [-0.39, 0.29) is 0 Å². The fourth-order valence-corrected chi connectivity index (χ4v) is 2.19. The smallest absolute Gasteiger partial charge is 0.195 e. The number of nitrogens with zero attached hydrogens (tertiary/aromatic N) is 1. The van der Waals surface area contributed by atoms with Gasteiger partial charge in [0, 0.05) is 18.2 Å². The molecule has 0 aliphatic heterocycles. The van der Waals surface area contributed by atoms with E-state index in [0.717, 1.165) is 46.8 Å². The molecule has 4 nitrogen and oxygen atoms in total. The molecule has 4 heteroatoms. The van der Waals surface area contributed by atoms with Crippen LogP contribution in [0.3, 0.4) is 0 Å². The van der Waals surface area contributed by atoms with Gasteiger partial charge in [-0.25, -0.2) is 4.98 Å². The maximum absolute atomic E-state index is 5.93. The zero-order chi connectivity index (χ0) is 13.9. The van der Waals surface area contributed by atoms with E-state index >= 15 is 0 Å². The molecule has 0 saturated heterocycles. The van der Waals surface area contributed by atoms with Crippen LogP contribution in [-0.4, -0.2) is 12.1 Å². The van der Waals surface area contributed by atoms with Gasteiger partial charge in [0.25, 0.3) is 0 Å². The number of hydrogen-bond acceptors (Lipinski definition) is 4. The fourth-order valence-electron chi connectivity index (χ4n) is 2.19. The van der Waals surface area contributed by atoms with E-state index in [1.165, 1.54) is 0 Å². The van der Waals surface area contributed by atoms with Crippen molar-refractivity contribution in [3.8, 4) is 5.75 Å². The number of benzene rings is 2. The van der Waals surface area contributed by atoms with E-state index < -0.39 is 0 Å². The first-order valence-electron chi connectivity index (χ1n) is 6.53. The Labute approximate surface area is 117 Å². The van der Waals surface area contributed by atoms with Crippen molar-refractivity contribution in [2.75, 3.05) is 12.8 Å². The summed E-state index contributed by atoms with van der Waals surface area (Å²) in [4.78, 5) is 4.47. The Morgan fingerprint density at radius 2 is 2.00 bits per heavy atom. The van der Waals surface area contributed by atoms with Gasteiger partial charge in [-0.05, 0) is 30.2 Å². The Morgan fingerprint density at radius 3 is 2.80 bits per heavy atom. The third-order valence-electron chi connectivity index (χ3n) is 3.30. The number of anilines is 1. The van der Waals surface area contributed by atoms with E-state index in [4.69, 9.17) is 14.9 Å². The Balaban J connectivity index is 1.79. The van der Waals surface area contributed by atoms with Gasteiger partial charge in [0.2, 0.25) is 0 Å². The first-order chi connectivity index (χ1) is 9.76. The van der Waals surface area contributed by atoms with Crippen LogP contribution in [0, 0.1) is 0 Å². The first kappa shape index (κ1) is 12.5. The molecule has 2 aromatic carbocycles. The fraction of sp³-hybridized carbons (Fsp3) is 0.188. The molecule has 0 aliphatic carbocycles. The van der Waals surface area contributed by atoms with Gasteiger partial charge < -0.3 is 14.9 Å². The molecule has 3 aromatic rings. The molecule has 1 aromatic heterocycles. The topological polar surface area (TPSA) is 61.3 Å². The Hall–Kier alpha value is -2.49. The largest absolute Gasteiger partial charge is 0.497 e. The molecule has 0 radical (unpaired) electrons. The molecule has 102 valence electrons. The molecule has 0 bridgehead atoms. The third kappa shape index (κ3) is 2.45. The van der Waals surface area contributed by atoms with Crippen molar-refractivity contribution in [2.24, 2.45) is 0 Å². The lowest BCUT2D eigenvalue weighted by Crippen LogP contribution is -1.96. The van der Waals surface area contributed by atoms with Crippen LogP contribution in [0.15, 0.2) is 46.9 Å². The number of nitrogens with two attached hydrogens (primary N) is 1. The molecule has 0 atom stereocenters. The predicted molar refractivity (Wildman–Crippen MR) is 78.8 cm³/mol. The van der Waals surface area contributed by atoms with Gasteiger partial charge >= 0.3 is 0 Å². The Morgan fingerprint density at radius 1 is 1.15 bits per heavy atom. The molecule has 0 saturated carbocycles. The van der Waals surface area contributed by atoms with Crippen molar-refractivity contribution in [3.63, 3.8) is 0 Å². The van der Waals surface area contributed by atoms with Gasteiger partial charge in [0.05, 0.1) is 7.11 Å². The van der Waals surface area contributed by atoms with E-state index in [1.807, 2.05) is 42.5 Å². The maximum atomic E-state index is 5.93. The van der Waals surface area contributed by atoms with Crippen molar-refractivity contribution in [1.82, 2.24) is 4.98 Å². The number of methoxy groups -OCH3 is 1. The van der Waals surface area contributed by atoms with Crippen LogP contribution in [0.25, 0.3) is 11.1 Å². The summed E-state index contributed by atoms with van der Waals surface area (Å²) in [5, 5.41) is 0. The summed E-state index contributed by atoms with van der Waals surface area (Å²) in [6.45, 7) is 0. The van der Waals surface area contributed by atoms with Gasteiger partial charge in [-0.3, -0.25) is 0 Å². The summed E-state index contributed by atoms with van der Waals surface area (Å²) in [5.74, 6) is 1.49. The normalized spacial score (nSPS) is 10.8. The van der Waals surface area contributed by atoms with Gasteiger partial charge in [-0.15, -0.1) is 0 Å².